The highest BCUT2D eigenvalue weighted by atomic mass is 14.0. The standard InChI is InChI=1S/2C10H14.C6H12/c1-7-5-9(3)10(4)6-8(7)2;1-7-5-6-8(2)10(4)9(7)3;1-5(2)6(3)4/h2*5-6H,1-4H3;1-4H3. The summed E-state index contributed by atoms with van der Waals surface area (Å²) in [5.41, 5.74) is 14.1. The molecule has 26 heavy (non-hydrogen) atoms. The number of allylic oxidation sites excluding steroid dienone is 2. The minimum absolute atomic E-state index is 1.39. The van der Waals surface area contributed by atoms with Crippen LogP contribution in [-0.4, -0.2) is 0 Å². The van der Waals surface area contributed by atoms with Crippen LogP contribution in [0.25, 0.3) is 0 Å². The van der Waals surface area contributed by atoms with Gasteiger partial charge in [0.25, 0.3) is 0 Å². The van der Waals surface area contributed by atoms with Crippen LogP contribution in [-0.2, 0) is 0 Å². The van der Waals surface area contributed by atoms with Gasteiger partial charge >= 0.3 is 0 Å². The predicted molar refractivity (Wildman–Crippen MR) is 121 cm³/mol. The highest BCUT2D eigenvalue weighted by Crippen LogP contribution is 2.15. The number of benzene rings is 2. The second-order valence-electron chi connectivity index (χ2n) is 7.97. The third kappa shape index (κ3) is 8.04. The summed E-state index contributed by atoms with van der Waals surface area (Å²) in [6.07, 6.45) is 0. The van der Waals surface area contributed by atoms with E-state index in [0.717, 1.165) is 0 Å². The summed E-state index contributed by atoms with van der Waals surface area (Å²) in [4.78, 5) is 0. The molecule has 0 aliphatic rings. The predicted octanol–water partition coefficient (Wildman–Crippen LogP) is 8.20. The summed E-state index contributed by atoms with van der Waals surface area (Å²) in [5.74, 6) is 0. The van der Waals surface area contributed by atoms with Crippen LogP contribution in [0.4, 0.5) is 0 Å². The van der Waals surface area contributed by atoms with Gasteiger partial charge in [-0.05, 0) is 128 Å². The average Bonchev–Trinajstić information content (AvgIpc) is 2.56. The van der Waals surface area contributed by atoms with Gasteiger partial charge in [0, 0.05) is 0 Å². The lowest BCUT2D eigenvalue weighted by molar-refractivity contribution is 1.22. The summed E-state index contributed by atoms with van der Waals surface area (Å²) >= 11 is 0. The maximum atomic E-state index is 2.24. The van der Waals surface area contributed by atoms with E-state index in [1.807, 2.05) is 0 Å². The lowest BCUT2D eigenvalue weighted by atomic mass is 10.0. The van der Waals surface area contributed by atoms with E-state index in [9.17, 15) is 0 Å². The topological polar surface area (TPSA) is 0 Å². The normalized spacial score (nSPS) is 9.54. The zero-order chi connectivity index (χ0) is 20.6. The molecule has 2 aromatic carbocycles. The van der Waals surface area contributed by atoms with Gasteiger partial charge < -0.3 is 0 Å². The van der Waals surface area contributed by atoms with Crippen LogP contribution < -0.4 is 0 Å². The molecule has 0 aliphatic carbocycles. The lowest BCUT2D eigenvalue weighted by Gasteiger charge is -2.06. The van der Waals surface area contributed by atoms with Crippen molar-refractivity contribution in [3.05, 3.63) is 79.9 Å². The van der Waals surface area contributed by atoms with E-state index in [0.29, 0.717) is 0 Å². The molecule has 144 valence electrons. The molecule has 2 rings (SSSR count). The first-order chi connectivity index (χ1) is 11.9. The molecule has 0 amide bonds. The fraction of sp³-hybridized carbons (Fsp3) is 0.462. The molecule has 0 atom stereocenters. The van der Waals surface area contributed by atoms with Crippen LogP contribution in [0.3, 0.4) is 0 Å². The number of hydrogen-bond acceptors (Lipinski definition) is 0. The molecule has 2 aromatic rings. The van der Waals surface area contributed by atoms with Gasteiger partial charge in [-0.3, -0.25) is 0 Å². The maximum absolute atomic E-state index is 2.24. The molecular weight excluding hydrogens is 312 g/mol. The van der Waals surface area contributed by atoms with Gasteiger partial charge in [0.15, 0.2) is 0 Å². The van der Waals surface area contributed by atoms with Crippen molar-refractivity contribution in [2.24, 2.45) is 0 Å². The Labute approximate surface area is 163 Å². The molecule has 0 saturated heterocycles. The lowest BCUT2D eigenvalue weighted by Crippen LogP contribution is -1.88. The maximum Gasteiger partial charge on any atom is -0.0392 e. The Bertz CT molecular complexity index is 663. The van der Waals surface area contributed by atoms with E-state index in [-0.39, 0.29) is 0 Å². The van der Waals surface area contributed by atoms with E-state index in [2.05, 4.69) is 107 Å². The molecule has 0 aromatic heterocycles. The van der Waals surface area contributed by atoms with E-state index in [4.69, 9.17) is 0 Å². The van der Waals surface area contributed by atoms with Gasteiger partial charge in [-0.1, -0.05) is 35.4 Å². The van der Waals surface area contributed by atoms with E-state index < -0.39 is 0 Å². The van der Waals surface area contributed by atoms with Crippen LogP contribution in [0.1, 0.15) is 72.2 Å². The van der Waals surface area contributed by atoms with Gasteiger partial charge in [0.1, 0.15) is 0 Å². The summed E-state index contributed by atoms with van der Waals surface area (Å²) in [6.45, 7) is 25.8. The Kier molecular flexibility index (Phi) is 10.2. The summed E-state index contributed by atoms with van der Waals surface area (Å²) in [5, 5.41) is 0. The monoisotopic (exact) mass is 352 g/mol. The highest BCUT2D eigenvalue weighted by molar-refractivity contribution is 5.37. The molecule has 0 saturated carbocycles. The molecule has 0 radical (unpaired) electrons. The van der Waals surface area contributed by atoms with E-state index in [1.165, 1.54) is 55.7 Å². The number of rotatable bonds is 0. The molecule has 0 heterocycles. The molecule has 0 fully saturated rings. The van der Waals surface area contributed by atoms with Crippen LogP contribution in [0.15, 0.2) is 35.4 Å². The zero-order valence-electron chi connectivity index (χ0n) is 19.3. The Balaban J connectivity index is 0.000000375. The largest absolute Gasteiger partial charge is 0.0778 e. The average molecular weight is 353 g/mol. The minimum Gasteiger partial charge on any atom is -0.0778 e. The molecule has 0 unspecified atom stereocenters. The first-order valence-electron chi connectivity index (χ1n) is 9.57. The fourth-order valence-corrected chi connectivity index (χ4v) is 2.20. The molecule has 0 bridgehead atoms. The van der Waals surface area contributed by atoms with Crippen LogP contribution in [0.2, 0.25) is 0 Å². The van der Waals surface area contributed by atoms with Crippen molar-refractivity contribution in [2.45, 2.75) is 83.1 Å². The second kappa shape index (κ2) is 11.0. The van der Waals surface area contributed by atoms with Crippen molar-refractivity contribution in [3.63, 3.8) is 0 Å². The minimum atomic E-state index is 1.39. The van der Waals surface area contributed by atoms with Gasteiger partial charge in [0.05, 0.1) is 0 Å². The van der Waals surface area contributed by atoms with Gasteiger partial charge in [-0.25, -0.2) is 0 Å². The molecule has 0 heteroatoms. The second-order valence-corrected chi connectivity index (χ2v) is 7.97. The summed E-state index contributed by atoms with van der Waals surface area (Å²) in [6, 6.07) is 8.84. The van der Waals surface area contributed by atoms with Crippen molar-refractivity contribution >= 4 is 0 Å². The zero-order valence-corrected chi connectivity index (χ0v) is 19.3. The highest BCUT2D eigenvalue weighted by Gasteiger charge is 1.97. The van der Waals surface area contributed by atoms with Crippen LogP contribution in [0.5, 0.6) is 0 Å². The number of hydrogen-bond donors (Lipinski definition) is 0. The molecule has 0 aliphatic heterocycles. The Morgan fingerprint density at radius 1 is 0.423 bits per heavy atom. The van der Waals surface area contributed by atoms with E-state index >= 15 is 0 Å². The number of aryl methyl sites for hydroxylation is 6. The van der Waals surface area contributed by atoms with Gasteiger partial charge in [-0.15, -0.1) is 0 Å². The smallest absolute Gasteiger partial charge is 0.0392 e. The molecule has 0 nitrogen and oxygen atoms in total. The van der Waals surface area contributed by atoms with Crippen molar-refractivity contribution in [1.29, 1.82) is 0 Å². The molecule has 0 spiro atoms. The van der Waals surface area contributed by atoms with Gasteiger partial charge in [0.2, 0.25) is 0 Å². The fourth-order valence-electron chi connectivity index (χ4n) is 2.20. The first kappa shape index (κ1) is 24.2. The SMILES string of the molecule is CC(C)=C(C)C.Cc1cc(C)c(C)cc1C.Cc1ccc(C)c(C)c1C. The van der Waals surface area contributed by atoms with Crippen molar-refractivity contribution in [1.82, 2.24) is 0 Å². The summed E-state index contributed by atoms with van der Waals surface area (Å²) < 4.78 is 0. The Morgan fingerprint density at radius 3 is 0.846 bits per heavy atom. The van der Waals surface area contributed by atoms with Crippen molar-refractivity contribution in [2.75, 3.05) is 0 Å². The Hall–Kier alpha value is -1.82. The first-order valence-corrected chi connectivity index (χ1v) is 9.57. The molecular formula is C26H40. The van der Waals surface area contributed by atoms with Crippen LogP contribution >= 0.6 is 0 Å². The quantitative estimate of drug-likeness (QED) is 0.419. The third-order valence-corrected chi connectivity index (χ3v) is 5.44. The van der Waals surface area contributed by atoms with E-state index in [1.54, 1.807) is 0 Å². The van der Waals surface area contributed by atoms with Crippen molar-refractivity contribution < 1.29 is 0 Å². The molecule has 0 N–H and O–H groups in total. The Morgan fingerprint density at radius 2 is 0.654 bits per heavy atom. The van der Waals surface area contributed by atoms with Gasteiger partial charge in [-0.2, -0.15) is 0 Å². The summed E-state index contributed by atoms with van der Waals surface area (Å²) in [7, 11) is 0. The van der Waals surface area contributed by atoms with Crippen LogP contribution in [0, 0.1) is 55.4 Å². The third-order valence-electron chi connectivity index (χ3n) is 5.44. The van der Waals surface area contributed by atoms with Crippen molar-refractivity contribution in [3.8, 4) is 0 Å².